The van der Waals surface area contributed by atoms with Crippen LogP contribution in [0.5, 0.6) is 0 Å². The second kappa shape index (κ2) is 7.00. The van der Waals surface area contributed by atoms with Crippen molar-refractivity contribution >= 4 is 5.91 Å². The summed E-state index contributed by atoms with van der Waals surface area (Å²) in [6.45, 7) is 2.75. The number of rotatable bonds is 5. The Morgan fingerprint density at radius 1 is 1.08 bits per heavy atom. The molecule has 5 nitrogen and oxygen atoms in total. The molecule has 0 spiro atoms. The van der Waals surface area contributed by atoms with Gasteiger partial charge in [0.05, 0.1) is 6.54 Å². The molecule has 3 rings (SSSR count). The third-order valence-electron chi connectivity index (χ3n) is 3.68. The molecule has 122 valence electrons. The molecule has 1 amide bonds. The molecule has 0 saturated heterocycles. The molecule has 1 N–H and O–H groups in total. The molecule has 0 unspecified atom stereocenters. The zero-order valence-corrected chi connectivity index (χ0v) is 13.4. The zero-order valence-electron chi connectivity index (χ0n) is 13.4. The predicted octanol–water partition coefficient (Wildman–Crippen LogP) is 2.73. The smallest absolute Gasteiger partial charge is 0.287 e. The Labute approximate surface area is 139 Å². The van der Waals surface area contributed by atoms with Crippen molar-refractivity contribution in [3.05, 3.63) is 93.8 Å². The SMILES string of the molecule is Cc1ccc(CNC(=O)c2ccc(Cn3ccccc3=O)o2)cc1. The van der Waals surface area contributed by atoms with Crippen molar-refractivity contribution in [1.82, 2.24) is 9.88 Å². The first kappa shape index (κ1) is 15.8. The minimum absolute atomic E-state index is 0.112. The summed E-state index contributed by atoms with van der Waals surface area (Å²) in [7, 11) is 0. The summed E-state index contributed by atoms with van der Waals surface area (Å²) >= 11 is 0. The highest BCUT2D eigenvalue weighted by molar-refractivity contribution is 5.91. The number of carbonyl (C=O) groups is 1. The summed E-state index contributed by atoms with van der Waals surface area (Å²) in [5, 5.41) is 2.82. The third-order valence-corrected chi connectivity index (χ3v) is 3.68. The van der Waals surface area contributed by atoms with E-state index in [1.807, 2.05) is 31.2 Å². The minimum Gasteiger partial charge on any atom is -0.454 e. The van der Waals surface area contributed by atoms with E-state index in [1.165, 1.54) is 16.2 Å². The van der Waals surface area contributed by atoms with Crippen LogP contribution >= 0.6 is 0 Å². The Kier molecular flexibility index (Phi) is 4.61. The molecule has 5 heteroatoms. The van der Waals surface area contributed by atoms with Crippen LogP contribution in [0.2, 0.25) is 0 Å². The van der Waals surface area contributed by atoms with Gasteiger partial charge in [0, 0.05) is 18.8 Å². The average Bonchev–Trinajstić information content (AvgIpc) is 3.05. The van der Waals surface area contributed by atoms with E-state index in [-0.39, 0.29) is 17.2 Å². The number of carbonyl (C=O) groups excluding carboxylic acids is 1. The number of aryl methyl sites for hydroxylation is 1. The van der Waals surface area contributed by atoms with Gasteiger partial charge >= 0.3 is 0 Å². The van der Waals surface area contributed by atoms with Gasteiger partial charge in [0.2, 0.25) is 0 Å². The standard InChI is InChI=1S/C19H18N2O3/c1-14-5-7-15(8-6-14)12-20-19(23)17-10-9-16(24-17)13-21-11-3-2-4-18(21)22/h2-11H,12-13H2,1H3,(H,20,23). The monoisotopic (exact) mass is 322 g/mol. The van der Waals surface area contributed by atoms with E-state index < -0.39 is 0 Å². The molecular formula is C19H18N2O3. The van der Waals surface area contributed by atoms with Crippen molar-refractivity contribution in [2.45, 2.75) is 20.0 Å². The Balaban J connectivity index is 1.62. The number of hydrogen-bond donors (Lipinski definition) is 1. The summed E-state index contributed by atoms with van der Waals surface area (Å²) in [5.41, 5.74) is 2.09. The van der Waals surface area contributed by atoms with Crippen LogP contribution in [0, 0.1) is 6.92 Å². The molecule has 0 radical (unpaired) electrons. The third kappa shape index (κ3) is 3.81. The average molecular weight is 322 g/mol. The molecule has 24 heavy (non-hydrogen) atoms. The molecule has 1 aromatic carbocycles. The molecule has 0 atom stereocenters. The predicted molar refractivity (Wildman–Crippen MR) is 90.9 cm³/mol. The van der Waals surface area contributed by atoms with Crippen molar-refractivity contribution < 1.29 is 9.21 Å². The molecule has 2 aromatic heterocycles. The molecule has 0 aliphatic rings. The van der Waals surface area contributed by atoms with Gasteiger partial charge in [-0.3, -0.25) is 9.59 Å². The number of aromatic nitrogens is 1. The van der Waals surface area contributed by atoms with E-state index in [0.29, 0.717) is 18.8 Å². The highest BCUT2D eigenvalue weighted by Crippen LogP contribution is 2.10. The lowest BCUT2D eigenvalue weighted by Crippen LogP contribution is -2.22. The molecule has 0 bridgehead atoms. The van der Waals surface area contributed by atoms with Gasteiger partial charge in [0.15, 0.2) is 5.76 Å². The number of benzene rings is 1. The van der Waals surface area contributed by atoms with Crippen LogP contribution in [0.4, 0.5) is 0 Å². The van der Waals surface area contributed by atoms with E-state index in [2.05, 4.69) is 5.32 Å². The molecule has 0 fully saturated rings. The van der Waals surface area contributed by atoms with Crippen molar-refractivity contribution in [3.63, 3.8) is 0 Å². The van der Waals surface area contributed by atoms with Gasteiger partial charge in [-0.25, -0.2) is 0 Å². The number of hydrogen-bond acceptors (Lipinski definition) is 3. The van der Waals surface area contributed by atoms with Crippen molar-refractivity contribution in [3.8, 4) is 0 Å². The molecular weight excluding hydrogens is 304 g/mol. The van der Waals surface area contributed by atoms with Gasteiger partial charge in [-0.15, -0.1) is 0 Å². The lowest BCUT2D eigenvalue weighted by atomic mass is 10.1. The lowest BCUT2D eigenvalue weighted by Gasteiger charge is -2.04. The minimum atomic E-state index is -0.276. The van der Waals surface area contributed by atoms with Crippen LogP contribution in [-0.4, -0.2) is 10.5 Å². The number of pyridine rings is 1. The number of nitrogens with zero attached hydrogens (tertiary/aromatic N) is 1. The van der Waals surface area contributed by atoms with Crippen LogP contribution in [0.1, 0.15) is 27.4 Å². The highest BCUT2D eigenvalue weighted by atomic mass is 16.4. The molecule has 2 heterocycles. The summed E-state index contributed by atoms with van der Waals surface area (Å²) < 4.78 is 7.06. The summed E-state index contributed by atoms with van der Waals surface area (Å²) in [6, 6.07) is 16.2. The number of amides is 1. The van der Waals surface area contributed by atoms with Gasteiger partial charge < -0.3 is 14.3 Å². The Morgan fingerprint density at radius 2 is 1.88 bits per heavy atom. The fourth-order valence-electron chi connectivity index (χ4n) is 2.32. The Bertz CT molecular complexity index is 891. The first-order valence-electron chi connectivity index (χ1n) is 7.70. The zero-order chi connectivity index (χ0) is 16.9. The van der Waals surface area contributed by atoms with Crippen LogP contribution in [0.15, 0.2) is 70.0 Å². The Hall–Kier alpha value is -3.08. The fourth-order valence-corrected chi connectivity index (χ4v) is 2.32. The topological polar surface area (TPSA) is 64.2 Å². The summed E-state index contributed by atoms with van der Waals surface area (Å²) in [5.74, 6) is 0.520. The van der Waals surface area contributed by atoms with E-state index in [0.717, 1.165) is 5.56 Å². The van der Waals surface area contributed by atoms with Crippen molar-refractivity contribution in [2.24, 2.45) is 0 Å². The van der Waals surface area contributed by atoms with E-state index in [9.17, 15) is 9.59 Å². The molecule has 0 aliphatic heterocycles. The largest absolute Gasteiger partial charge is 0.454 e. The van der Waals surface area contributed by atoms with Crippen LogP contribution in [0.3, 0.4) is 0 Å². The molecule has 0 aliphatic carbocycles. The van der Waals surface area contributed by atoms with Gasteiger partial charge in [-0.1, -0.05) is 35.9 Å². The van der Waals surface area contributed by atoms with Crippen LogP contribution in [-0.2, 0) is 13.1 Å². The number of furan rings is 1. The molecule has 3 aromatic rings. The maximum absolute atomic E-state index is 12.1. The maximum atomic E-state index is 12.1. The highest BCUT2D eigenvalue weighted by Gasteiger charge is 2.11. The fraction of sp³-hybridized carbons (Fsp3) is 0.158. The first-order valence-corrected chi connectivity index (χ1v) is 7.70. The van der Waals surface area contributed by atoms with E-state index >= 15 is 0 Å². The lowest BCUT2D eigenvalue weighted by molar-refractivity contribution is 0.0921. The van der Waals surface area contributed by atoms with Gasteiger partial charge in [0.1, 0.15) is 5.76 Å². The van der Waals surface area contributed by atoms with Gasteiger partial charge in [-0.2, -0.15) is 0 Å². The van der Waals surface area contributed by atoms with E-state index in [1.54, 1.807) is 30.5 Å². The molecule has 0 saturated carbocycles. The summed E-state index contributed by atoms with van der Waals surface area (Å²) in [4.78, 5) is 23.8. The second-order valence-electron chi connectivity index (χ2n) is 5.60. The normalized spacial score (nSPS) is 10.5. The first-order chi connectivity index (χ1) is 11.6. The quantitative estimate of drug-likeness (QED) is 0.785. The Morgan fingerprint density at radius 3 is 2.62 bits per heavy atom. The van der Waals surface area contributed by atoms with Crippen LogP contribution in [0.25, 0.3) is 0 Å². The van der Waals surface area contributed by atoms with Crippen LogP contribution < -0.4 is 10.9 Å². The summed E-state index contributed by atoms with van der Waals surface area (Å²) in [6.07, 6.45) is 1.68. The van der Waals surface area contributed by atoms with E-state index in [4.69, 9.17) is 4.42 Å². The van der Waals surface area contributed by atoms with Gasteiger partial charge in [0.25, 0.3) is 11.5 Å². The van der Waals surface area contributed by atoms with Crippen molar-refractivity contribution in [2.75, 3.05) is 0 Å². The second-order valence-corrected chi connectivity index (χ2v) is 5.60. The van der Waals surface area contributed by atoms with Crippen molar-refractivity contribution in [1.29, 1.82) is 0 Å². The number of nitrogens with one attached hydrogen (secondary N) is 1. The maximum Gasteiger partial charge on any atom is 0.287 e. The van der Waals surface area contributed by atoms with Gasteiger partial charge in [-0.05, 0) is 30.7 Å².